The summed E-state index contributed by atoms with van der Waals surface area (Å²) in [5.41, 5.74) is -0.158. The van der Waals surface area contributed by atoms with E-state index in [2.05, 4.69) is 0 Å². The van der Waals surface area contributed by atoms with Gasteiger partial charge in [0.2, 0.25) is 0 Å². The Morgan fingerprint density at radius 3 is 1.55 bits per heavy atom. The molecule has 1 aromatic heterocycles. The summed E-state index contributed by atoms with van der Waals surface area (Å²) in [6, 6.07) is 5.31. The number of rotatable bonds is 4. The van der Waals surface area contributed by atoms with Crippen molar-refractivity contribution in [1.82, 2.24) is 0 Å². The van der Waals surface area contributed by atoms with Gasteiger partial charge >= 0.3 is 0 Å². The molecule has 1 heteroatoms. The predicted molar refractivity (Wildman–Crippen MR) is 208 cm³/mol. The summed E-state index contributed by atoms with van der Waals surface area (Å²) in [4.78, 5) is 0. The maximum Gasteiger partial charge on any atom is 0.143 e. The fraction of sp³-hybridized carbons (Fsp3) is 0. The lowest BCUT2D eigenvalue weighted by Crippen LogP contribution is -1.91. The first-order valence-electron chi connectivity index (χ1n) is 24.8. The summed E-state index contributed by atoms with van der Waals surface area (Å²) in [5.74, 6) is 0. The molecule has 10 rings (SSSR count). The van der Waals surface area contributed by atoms with Crippen molar-refractivity contribution in [1.29, 1.82) is 0 Å². The van der Waals surface area contributed by atoms with E-state index < -0.39 is 159 Å². The first kappa shape index (κ1) is 14.8. The molecule has 0 atom stereocenters. The molecule has 0 aliphatic rings. The fourth-order valence-corrected chi connectivity index (χ4v) is 6.48. The fourth-order valence-electron chi connectivity index (χ4n) is 6.48. The zero-order chi connectivity index (χ0) is 48.8. The molecule has 1 nitrogen and oxygen atoms in total. The van der Waals surface area contributed by atoms with E-state index in [4.69, 9.17) is 19.5 Å². The van der Waals surface area contributed by atoms with E-state index in [1.54, 1.807) is 18.2 Å². The van der Waals surface area contributed by atoms with Crippen LogP contribution in [-0.4, -0.2) is 0 Å². The largest absolute Gasteiger partial charge is 0.455 e. The van der Waals surface area contributed by atoms with E-state index in [0.29, 0.717) is 16.4 Å². The average molecular weight is 642 g/mol. The van der Waals surface area contributed by atoms with Crippen molar-refractivity contribution < 1.29 is 30.5 Å². The van der Waals surface area contributed by atoms with Gasteiger partial charge in [0.05, 0.1) is 26.0 Å². The van der Waals surface area contributed by atoms with Gasteiger partial charge in [0.1, 0.15) is 11.2 Å². The number of hydrogen-bond donors (Lipinski definition) is 0. The van der Waals surface area contributed by atoms with Gasteiger partial charge in [0.25, 0.3) is 0 Å². The molecule has 49 heavy (non-hydrogen) atoms. The lowest BCUT2D eigenvalue weighted by molar-refractivity contribution is 0.671. The molecule has 0 unspecified atom stereocenters. The monoisotopic (exact) mass is 641 g/mol. The van der Waals surface area contributed by atoms with E-state index >= 15 is 0 Å². The first-order valence-corrected chi connectivity index (χ1v) is 15.3. The van der Waals surface area contributed by atoms with Crippen LogP contribution in [0.2, 0.25) is 0 Å². The number of benzene rings is 9. The minimum absolute atomic E-state index is 0.0862. The van der Waals surface area contributed by atoms with Crippen molar-refractivity contribution in [3.63, 3.8) is 0 Å². The highest BCUT2D eigenvalue weighted by molar-refractivity contribution is 6.24. The topological polar surface area (TPSA) is 13.1 Å². The summed E-state index contributed by atoms with van der Waals surface area (Å²) in [7, 11) is 0. The third-order valence-corrected chi connectivity index (χ3v) is 8.63. The molecule has 0 fully saturated rings. The van der Waals surface area contributed by atoms with E-state index in [0.717, 1.165) is 11.1 Å². The van der Waals surface area contributed by atoms with Gasteiger partial charge in [-0.05, 0) is 66.2 Å². The summed E-state index contributed by atoms with van der Waals surface area (Å²) in [5, 5.41) is -1.10. The maximum absolute atomic E-state index is 9.54. The summed E-state index contributed by atoms with van der Waals surface area (Å²) in [6.45, 7) is 0. The van der Waals surface area contributed by atoms with Gasteiger partial charge in [-0.15, -0.1) is 0 Å². The van der Waals surface area contributed by atoms with E-state index in [1.807, 2.05) is 48.5 Å². The van der Waals surface area contributed by atoms with Gasteiger partial charge in [-0.25, -0.2) is 0 Å². The van der Waals surface area contributed by atoms with Gasteiger partial charge in [-0.1, -0.05) is 175 Å². The molecule has 9 aromatic carbocycles. The van der Waals surface area contributed by atoms with Crippen LogP contribution in [0.3, 0.4) is 0 Å². The molecule has 0 radical (unpaired) electrons. The average Bonchev–Trinajstić information content (AvgIpc) is 3.73. The molecule has 0 spiro atoms. The van der Waals surface area contributed by atoms with Crippen LogP contribution in [0, 0.1) is 0 Å². The lowest BCUT2D eigenvalue weighted by Gasteiger charge is -2.18. The van der Waals surface area contributed by atoms with Gasteiger partial charge in [-0.3, -0.25) is 0 Å². The molecule has 0 aliphatic heterocycles. The molecule has 0 saturated heterocycles. The minimum Gasteiger partial charge on any atom is -0.455 e. The Kier molecular flexibility index (Phi) is 3.34. The van der Waals surface area contributed by atoms with Crippen LogP contribution >= 0.6 is 0 Å². The van der Waals surface area contributed by atoms with Crippen LogP contribution in [0.1, 0.15) is 26.0 Å². The molecule has 0 saturated carbocycles. The summed E-state index contributed by atoms with van der Waals surface area (Å²) < 4.78 is 178. The van der Waals surface area contributed by atoms with E-state index in [-0.39, 0.29) is 27.5 Å². The summed E-state index contributed by atoms with van der Waals surface area (Å²) in [6.07, 6.45) is 0. The number of fused-ring (bicyclic) bond motifs is 6. The van der Waals surface area contributed by atoms with Gasteiger partial charge in [0, 0.05) is 27.5 Å². The van der Waals surface area contributed by atoms with Gasteiger partial charge in [-0.2, -0.15) is 0 Å². The molecule has 0 bridgehead atoms. The zero-order valence-electron chi connectivity index (χ0n) is 44.3. The third-order valence-electron chi connectivity index (χ3n) is 8.63. The maximum atomic E-state index is 9.54. The Morgan fingerprint density at radius 1 is 0.347 bits per heavy atom. The standard InChI is InChI=1S/C48H30O/c1-2-13-33(14-3-1)37-20-10-21-42-43-22-11-23-44(48(43)49-47(37)42)46-40-18-8-6-16-38(40)45(39-17-7-9-19-41(39)46)34-27-24-32(25-28-34)36-29-26-31-12-4-5-15-35(31)30-36/h1-30H/i4D,5D,6D,7D,8D,9D,12D,15D,16D,17D,18D,19D,24D,25D,26D,27D,28D,29D,30D. The molecule has 0 amide bonds. The summed E-state index contributed by atoms with van der Waals surface area (Å²) >= 11 is 0. The Hall–Kier alpha value is -6.44. The van der Waals surface area contributed by atoms with E-state index in [1.165, 1.54) is 0 Å². The van der Waals surface area contributed by atoms with Crippen LogP contribution in [-0.2, 0) is 0 Å². The lowest BCUT2D eigenvalue weighted by atomic mass is 9.85. The highest BCUT2D eigenvalue weighted by Gasteiger charge is 2.21. The van der Waals surface area contributed by atoms with Crippen molar-refractivity contribution >= 4 is 54.3 Å². The number of para-hydroxylation sites is 2. The quantitative estimate of drug-likeness (QED) is 0.174. The van der Waals surface area contributed by atoms with Crippen LogP contribution in [0.4, 0.5) is 0 Å². The molecule has 10 aromatic rings. The highest BCUT2D eigenvalue weighted by Crippen LogP contribution is 2.47. The molecule has 228 valence electrons. The van der Waals surface area contributed by atoms with Crippen LogP contribution < -0.4 is 0 Å². The van der Waals surface area contributed by atoms with Crippen molar-refractivity contribution in [3.05, 3.63) is 182 Å². The second-order valence-electron chi connectivity index (χ2n) is 11.3. The molecular weight excluding hydrogens is 593 g/mol. The Morgan fingerprint density at radius 2 is 0.878 bits per heavy atom. The van der Waals surface area contributed by atoms with Crippen LogP contribution in [0.25, 0.3) is 98.8 Å². The second kappa shape index (κ2) is 11.1. The third kappa shape index (κ3) is 4.40. The van der Waals surface area contributed by atoms with Gasteiger partial charge < -0.3 is 4.42 Å². The SMILES string of the molecule is [2H]c1c([2H])c(-c2c3c([2H])c([2H])c([2H])c([2H])c3c(-c3cccc4c3oc3c(-c5ccccc5)cccc34)c3c([2H])c([2H])c([2H])c([2H])c23)c([2H])c([2H])c1-c1c([2H])c([2H])c2c([2H])c([2H])c([2H])c([2H])c2c1[2H]. The normalized spacial score (nSPS) is 17.1. The Bertz CT molecular complexity index is 3850. The van der Waals surface area contributed by atoms with Gasteiger partial charge in [0.15, 0.2) is 0 Å². The van der Waals surface area contributed by atoms with Crippen LogP contribution in [0.5, 0.6) is 0 Å². The smallest absolute Gasteiger partial charge is 0.143 e. The highest BCUT2D eigenvalue weighted by atomic mass is 16.3. The zero-order valence-corrected chi connectivity index (χ0v) is 25.3. The van der Waals surface area contributed by atoms with Crippen LogP contribution in [0.15, 0.2) is 186 Å². The van der Waals surface area contributed by atoms with Crippen molar-refractivity contribution in [2.45, 2.75) is 0 Å². The predicted octanol–water partition coefficient (Wildman–Crippen LogP) is 13.7. The molecule has 0 aliphatic carbocycles. The second-order valence-corrected chi connectivity index (χ2v) is 11.3. The molecule has 0 N–H and O–H groups in total. The number of hydrogen-bond acceptors (Lipinski definition) is 1. The number of furan rings is 1. The molecule has 1 heterocycles. The Balaban J connectivity index is 1.40. The minimum atomic E-state index is -0.920. The van der Waals surface area contributed by atoms with E-state index in [9.17, 15) is 11.0 Å². The first-order chi connectivity index (χ1) is 32.2. The van der Waals surface area contributed by atoms with Crippen molar-refractivity contribution in [2.75, 3.05) is 0 Å². The van der Waals surface area contributed by atoms with Crippen molar-refractivity contribution in [2.24, 2.45) is 0 Å². The Labute approximate surface area is 311 Å². The molecular formula is C48H30O. The van der Waals surface area contributed by atoms with Crippen molar-refractivity contribution in [3.8, 4) is 44.5 Å².